The Morgan fingerprint density at radius 1 is 1.38 bits per heavy atom. The Hall–Kier alpha value is -1.36. The Labute approximate surface area is 96.3 Å². The van der Waals surface area contributed by atoms with Gasteiger partial charge in [-0.25, -0.2) is 9.97 Å². The molecule has 1 unspecified atom stereocenters. The third-order valence-electron chi connectivity index (χ3n) is 2.37. The second kappa shape index (κ2) is 6.27. The lowest BCUT2D eigenvalue weighted by molar-refractivity contribution is 0.282. The van der Waals surface area contributed by atoms with Gasteiger partial charge in [-0.05, 0) is 27.2 Å². The van der Waals surface area contributed by atoms with Crippen molar-refractivity contribution in [3.8, 4) is 0 Å². The molecule has 0 bridgehead atoms. The molecule has 1 rings (SSSR count). The van der Waals surface area contributed by atoms with Crippen molar-refractivity contribution in [1.29, 1.82) is 0 Å². The van der Waals surface area contributed by atoms with Gasteiger partial charge < -0.3 is 15.7 Å². The first-order valence-corrected chi connectivity index (χ1v) is 5.61. The van der Waals surface area contributed by atoms with E-state index >= 15 is 0 Å². The van der Waals surface area contributed by atoms with Crippen molar-refractivity contribution in [3.63, 3.8) is 0 Å². The highest BCUT2D eigenvalue weighted by molar-refractivity contribution is 5.56. The largest absolute Gasteiger partial charge is 0.396 e. The highest BCUT2D eigenvalue weighted by Crippen LogP contribution is 2.18. The Bertz CT molecular complexity index is 330. The van der Waals surface area contributed by atoms with Crippen molar-refractivity contribution in [1.82, 2.24) is 9.97 Å². The molecule has 5 heteroatoms. The maximum absolute atomic E-state index is 8.84. The smallest absolute Gasteiger partial charge is 0.134 e. The fourth-order valence-corrected chi connectivity index (χ4v) is 1.44. The van der Waals surface area contributed by atoms with Gasteiger partial charge in [0.15, 0.2) is 0 Å². The molecule has 1 aromatic rings. The highest BCUT2D eigenvalue weighted by atomic mass is 16.3. The van der Waals surface area contributed by atoms with Gasteiger partial charge in [-0.3, -0.25) is 0 Å². The van der Waals surface area contributed by atoms with Gasteiger partial charge in [-0.1, -0.05) is 0 Å². The molecule has 1 heterocycles. The molecule has 0 amide bonds. The summed E-state index contributed by atoms with van der Waals surface area (Å²) in [6.07, 6.45) is 2.25. The molecule has 1 atom stereocenters. The molecule has 0 aromatic carbocycles. The van der Waals surface area contributed by atoms with E-state index in [4.69, 9.17) is 5.11 Å². The molecule has 0 saturated carbocycles. The van der Waals surface area contributed by atoms with Gasteiger partial charge in [0.05, 0.1) is 0 Å². The third kappa shape index (κ3) is 3.34. The maximum Gasteiger partial charge on any atom is 0.134 e. The summed E-state index contributed by atoms with van der Waals surface area (Å²) in [6.45, 7) is 7.04. The number of anilines is 2. The minimum absolute atomic E-state index is 0.179. The summed E-state index contributed by atoms with van der Waals surface area (Å²) < 4.78 is 0. The van der Waals surface area contributed by atoms with Crippen molar-refractivity contribution in [2.45, 2.75) is 33.2 Å². The Balaban J connectivity index is 2.76. The van der Waals surface area contributed by atoms with E-state index in [1.165, 1.54) is 0 Å². The number of nitrogens with zero attached hydrogens (tertiary/aromatic N) is 2. The van der Waals surface area contributed by atoms with Crippen molar-refractivity contribution < 1.29 is 5.11 Å². The second-order valence-electron chi connectivity index (χ2n) is 3.78. The molecule has 0 saturated heterocycles. The number of nitrogens with one attached hydrogen (secondary N) is 2. The third-order valence-corrected chi connectivity index (χ3v) is 2.37. The van der Waals surface area contributed by atoms with Crippen LogP contribution < -0.4 is 10.6 Å². The zero-order chi connectivity index (χ0) is 12.0. The van der Waals surface area contributed by atoms with Crippen LogP contribution in [0.4, 0.5) is 11.6 Å². The van der Waals surface area contributed by atoms with Crippen LogP contribution in [0.1, 0.15) is 25.8 Å². The molecule has 16 heavy (non-hydrogen) atoms. The predicted octanol–water partition coefficient (Wildman–Crippen LogP) is 1.40. The summed E-state index contributed by atoms with van der Waals surface area (Å²) in [5.74, 6) is 1.68. The molecule has 1 aromatic heterocycles. The normalized spacial score (nSPS) is 12.2. The predicted molar refractivity (Wildman–Crippen MR) is 65.7 cm³/mol. The highest BCUT2D eigenvalue weighted by Gasteiger charge is 2.08. The number of aliphatic hydroxyl groups excluding tert-OH is 1. The molecular weight excluding hydrogens is 204 g/mol. The molecule has 0 aliphatic rings. The Kier molecular flexibility index (Phi) is 4.98. The Morgan fingerprint density at radius 2 is 2.06 bits per heavy atom. The van der Waals surface area contributed by atoms with Gasteiger partial charge in [0, 0.05) is 24.8 Å². The molecule has 3 N–H and O–H groups in total. The molecule has 0 fully saturated rings. The lowest BCUT2D eigenvalue weighted by atomic mass is 10.2. The topological polar surface area (TPSA) is 70.1 Å². The minimum atomic E-state index is 0.179. The zero-order valence-electron chi connectivity index (χ0n) is 10.1. The average molecular weight is 224 g/mol. The monoisotopic (exact) mass is 224 g/mol. The van der Waals surface area contributed by atoms with Crippen LogP contribution in [0.25, 0.3) is 0 Å². The van der Waals surface area contributed by atoms with E-state index in [1.54, 1.807) is 6.33 Å². The van der Waals surface area contributed by atoms with Crippen LogP contribution >= 0.6 is 0 Å². The van der Waals surface area contributed by atoms with Gasteiger partial charge >= 0.3 is 0 Å². The molecule has 0 aliphatic heterocycles. The van der Waals surface area contributed by atoms with Crippen LogP contribution in [0.3, 0.4) is 0 Å². The lowest BCUT2D eigenvalue weighted by Gasteiger charge is -2.16. The van der Waals surface area contributed by atoms with Crippen LogP contribution in [0, 0.1) is 6.92 Å². The first kappa shape index (κ1) is 12.7. The van der Waals surface area contributed by atoms with E-state index in [9.17, 15) is 0 Å². The molecule has 0 radical (unpaired) electrons. The number of aliphatic hydroxyl groups is 1. The summed E-state index contributed by atoms with van der Waals surface area (Å²) in [5.41, 5.74) is 1.01. The standard InChI is InChI=1S/C11H20N4O/c1-4-12-10-9(3)11(14-7-13-10)15-8(2)5-6-16/h7-8,16H,4-6H2,1-3H3,(H2,12,13,14,15). The molecule has 5 nitrogen and oxygen atoms in total. The fraction of sp³-hybridized carbons (Fsp3) is 0.636. The van der Waals surface area contributed by atoms with Crippen molar-refractivity contribution in [2.75, 3.05) is 23.8 Å². The molecule has 90 valence electrons. The summed E-state index contributed by atoms with van der Waals surface area (Å²) in [5, 5.41) is 15.3. The van der Waals surface area contributed by atoms with Gasteiger partial charge in [-0.15, -0.1) is 0 Å². The number of rotatable bonds is 6. The second-order valence-corrected chi connectivity index (χ2v) is 3.78. The van der Waals surface area contributed by atoms with Gasteiger partial charge in [0.25, 0.3) is 0 Å². The van der Waals surface area contributed by atoms with Crippen LogP contribution in [0.2, 0.25) is 0 Å². The quantitative estimate of drug-likeness (QED) is 0.681. The number of hydrogen-bond acceptors (Lipinski definition) is 5. The van der Waals surface area contributed by atoms with Crippen molar-refractivity contribution >= 4 is 11.6 Å². The van der Waals surface area contributed by atoms with Crippen LogP contribution in [-0.2, 0) is 0 Å². The van der Waals surface area contributed by atoms with Gasteiger partial charge in [0.2, 0.25) is 0 Å². The minimum Gasteiger partial charge on any atom is -0.396 e. The Morgan fingerprint density at radius 3 is 2.69 bits per heavy atom. The zero-order valence-corrected chi connectivity index (χ0v) is 10.1. The van der Waals surface area contributed by atoms with Crippen LogP contribution in [0.15, 0.2) is 6.33 Å². The SMILES string of the molecule is CCNc1ncnc(NC(C)CCO)c1C. The van der Waals surface area contributed by atoms with Crippen molar-refractivity contribution in [2.24, 2.45) is 0 Å². The maximum atomic E-state index is 8.84. The first-order valence-electron chi connectivity index (χ1n) is 5.61. The molecule has 0 spiro atoms. The van der Waals surface area contributed by atoms with E-state index < -0.39 is 0 Å². The number of aromatic nitrogens is 2. The van der Waals surface area contributed by atoms with Crippen molar-refractivity contribution in [3.05, 3.63) is 11.9 Å². The summed E-state index contributed by atoms with van der Waals surface area (Å²) in [7, 11) is 0. The van der Waals surface area contributed by atoms with E-state index in [0.717, 1.165) is 23.7 Å². The number of hydrogen-bond donors (Lipinski definition) is 3. The van der Waals surface area contributed by atoms with E-state index in [-0.39, 0.29) is 12.6 Å². The molecule has 0 aliphatic carbocycles. The lowest BCUT2D eigenvalue weighted by Crippen LogP contribution is -2.19. The average Bonchev–Trinajstić information content (AvgIpc) is 2.24. The summed E-state index contributed by atoms with van der Waals surface area (Å²) in [6, 6.07) is 0.202. The summed E-state index contributed by atoms with van der Waals surface area (Å²) in [4.78, 5) is 8.37. The van der Waals surface area contributed by atoms with E-state index in [2.05, 4.69) is 20.6 Å². The van der Waals surface area contributed by atoms with Gasteiger partial charge in [-0.2, -0.15) is 0 Å². The van der Waals surface area contributed by atoms with Crippen LogP contribution in [-0.4, -0.2) is 34.3 Å². The summed E-state index contributed by atoms with van der Waals surface area (Å²) >= 11 is 0. The molecular formula is C11H20N4O. The first-order chi connectivity index (χ1) is 7.69. The van der Waals surface area contributed by atoms with E-state index in [0.29, 0.717) is 6.42 Å². The van der Waals surface area contributed by atoms with Gasteiger partial charge in [0.1, 0.15) is 18.0 Å². The van der Waals surface area contributed by atoms with E-state index in [1.807, 2.05) is 20.8 Å². The fourth-order valence-electron chi connectivity index (χ4n) is 1.44. The van der Waals surface area contributed by atoms with Crippen LogP contribution in [0.5, 0.6) is 0 Å².